The number of hydrogen-bond acceptors (Lipinski definition) is 6. The van der Waals surface area contributed by atoms with Crippen molar-refractivity contribution in [2.24, 2.45) is 0 Å². The zero-order chi connectivity index (χ0) is 25.4. The van der Waals surface area contributed by atoms with Crippen molar-refractivity contribution in [3.8, 4) is 5.75 Å². The van der Waals surface area contributed by atoms with Crippen LogP contribution in [0.5, 0.6) is 5.75 Å². The number of hydrogen-bond donors (Lipinski definition) is 2. The second kappa shape index (κ2) is 8.98. The van der Waals surface area contributed by atoms with Gasteiger partial charge in [-0.2, -0.15) is 8.42 Å². The van der Waals surface area contributed by atoms with Gasteiger partial charge in [0.15, 0.2) is 0 Å². The second-order valence-corrected chi connectivity index (χ2v) is 10.7. The molecule has 0 saturated heterocycles. The number of sulfonamides is 2. The van der Waals surface area contributed by atoms with Crippen LogP contribution in [0.4, 0.5) is 24.5 Å². The van der Waals surface area contributed by atoms with E-state index in [0.29, 0.717) is 11.0 Å². The number of halogens is 4. The predicted octanol–water partition coefficient (Wildman–Crippen LogP) is 5.59. The van der Waals surface area contributed by atoms with Crippen molar-refractivity contribution in [1.82, 2.24) is 0 Å². The van der Waals surface area contributed by atoms with Crippen molar-refractivity contribution < 1.29 is 39.2 Å². The lowest BCUT2D eigenvalue weighted by atomic mass is 10.3. The van der Waals surface area contributed by atoms with Crippen LogP contribution in [-0.4, -0.2) is 23.2 Å². The number of anilines is 2. The Hall–Kier alpha value is -3.42. The van der Waals surface area contributed by atoms with Crippen LogP contribution in [0.2, 0.25) is 5.02 Å². The molecule has 0 unspecified atom stereocenters. The molecule has 1 aromatic heterocycles. The summed E-state index contributed by atoms with van der Waals surface area (Å²) in [7, 11) is -9.02. The fourth-order valence-electron chi connectivity index (χ4n) is 3.06. The first-order chi connectivity index (χ1) is 16.3. The Bertz CT molecular complexity index is 1590. The molecule has 4 rings (SSSR count). The maximum absolute atomic E-state index is 12.9. The van der Waals surface area contributed by atoms with Crippen LogP contribution in [0.3, 0.4) is 0 Å². The third kappa shape index (κ3) is 5.63. The van der Waals surface area contributed by atoms with Gasteiger partial charge in [0.2, 0.25) is 5.09 Å². The molecule has 8 nitrogen and oxygen atoms in total. The molecule has 0 amide bonds. The molecule has 2 N–H and O–H groups in total. The van der Waals surface area contributed by atoms with Gasteiger partial charge in [-0.25, -0.2) is 8.42 Å². The summed E-state index contributed by atoms with van der Waals surface area (Å²) in [6.07, 6.45) is -5.14. The quantitative estimate of drug-likeness (QED) is 0.312. The van der Waals surface area contributed by atoms with E-state index in [1.54, 1.807) is 24.3 Å². The lowest BCUT2D eigenvalue weighted by Crippen LogP contribution is -2.21. The number of furan rings is 1. The van der Waals surface area contributed by atoms with Crippen LogP contribution in [0, 0.1) is 0 Å². The third-order valence-electron chi connectivity index (χ3n) is 4.50. The Labute approximate surface area is 202 Å². The normalized spacial score (nSPS) is 12.5. The minimum atomic E-state index is -5.14. The van der Waals surface area contributed by atoms with Crippen molar-refractivity contribution in [2.75, 3.05) is 9.44 Å². The van der Waals surface area contributed by atoms with Crippen molar-refractivity contribution in [1.29, 1.82) is 0 Å². The van der Waals surface area contributed by atoms with Crippen molar-refractivity contribution in [3.63, 3.8) is 0 Å². The predicted molar refractivity (Wildman–Crippen MR) is 122 cm³/mol. The molecular weight excluding hydrogens is 533 g/mol. The first-order valence-corrected chi connectivity index (χ1v) is 12.9. The molecular formula is C21H14ClF3N2O6S2. The Balaban J connectivity index is 1.69. The number of ether oxygens (including phenoxy) is 1. The Morgan fingerprint density at radius 1 is 0.800 bits per heavy atom. The third-order valence-corrected chi connectivity index (χ3v) is 7.36. The fraction of sp³-hybridized carbons (Fsp3) is 0.0476. The standard InChI is InChI=1S/C21H14ClF3N2O6S2/c22-14-9-10-15(26-34(28,29)19-8-4-3-7-18(19)33-21(23,24)25)16(12-14)27-35(30,31)20-11-13-5-1-2-6-17(13)32-20/h1-12,26-27H. The Morgan fingerprint density at radius 2 is 1.46 bits per heavy atom. The van der Waals surface area contributed by atoms with Gasteiger partial charge in [-0.15, -0.1) is 13.2 Å². The van der Waals surface area contributed by atoms with Crippen molar-refractivity contribution >= 4 is 54.0 Å². The molecule has 3 aromatic carbocycles. The van der Waals surface area contributed by atoms with E-state index in [2.05, 4.69) is 14.2 Å². The lowest BCUT2D eigenvalue weighted by Gasteiger charge is -2.16. The highest BCUT2D eigenvalue weighted by molar-refractivity contribution is 7.93. The molecule has 0 aliphatic heterocycles. The van der Waals surface area contributed by atoms with Gasteiger partial charge in [0.1, 0.15) is 16.2 Å². The summed E-state index contributed by atoms with van der Waals surface area (Å²) >= 11 is 5.96. The van der Waals surface area contributed by atoms with E-state index in [-0.39, 0.29) is 16.4 Å². The van der Waals surface area contributed by atoms with Gasteiger partial charge >= 0.3 is 6.36 Å². The summed E-state index contributed by atoms with van der Waals surface area (Å²) in [6, 6.07) is 15.4. The van der Waals surface area contributed by atoms with Crippen LogP contribution in [0.25, 0.3) is 11.0 Å². The summed E-state index contributed by atoms with van der Waals surface area (Å²) in [4.78, 5) is -0.821. The maximum Gasteiger partial charge on any atom is 0.573 e. The van der Waals surface area contributed by atoms with Gasteiger partial charge in [0.25, 0.3) is 20.0 Å². The van der Waals surface area contributed by atoms with Gasteiger partial charge in [0, 0.05) is 16.5 Å². The summed E-state index contributed by atoms with van der Waals surface area (Å²) in [5, 5.41) is 0.119. The van der Waals surface area contributed by atoms with Gasteiger partial charge < -0.3 is 9.15 Å². The average molecular weight is 547 g/mol. The van der Waals surface area contributed by atoms with E-state index < -0.39 is 42.1 Å². The van der Waals surface area contributed by atoms with Crippen molar-refractivity contribution in [2.45, 2.75) is 16.4 Å². The molecule has 0 saturated carbocycles. The van der Waals surface area contributed by atoms with Crippen LogP contribution in [0.15, 0.2) is 87.2 Å². The molecule has 14 heteroatoms. The smallest absolute Gasteiger partial charge is 0.443 e. The van der Waals surface area contributed by atoms with Gasteiger partial charge in [-0.1, -0.05) is 41.9 Å². The fourth-order valence-corrected chi connectivity index (χ4v) is 5.48. The van der Waals surface area contributed by atoms with E-state index in [1.165, 1.54) is 18.2 Å². The maximum atomic E-state index is 12.9. The molecule has 0 bridgehead atoms. The largest absolute Gasteiger partial charge is 0.573 e. The van der Waals surface area contributed by atoms with E-state index in [9.17, 15) is 30.0 Å². The SMILES string of the molecule is O=S(=O)(Nc1cc(Cl)ccc1NS(=O)(=O)c1ccccc1OC(F)(F)F)c1cc2ccccc2o1. The molecule has 1 heterocycles. The summed E-state index contributed by atoms with van der Waals surface area (Å²) in [6.45, 7) is 0. The highest BCUT2D eigenvalue weighted by Gasteiger charge is 2.34. The molecule has 0 aliphatic carbocycles. The van der Waals surface area contributed by atoms with Gasteiger partial charge in [-0.05, 0) is 36.4 Å². The highest BCUT2D eigenvalue weighted by atomic mass is 35.5. The number of alkyl halides is 3. The van der Waals surface area contributed by atoms with E-state index in [0.717, 1.165) is 30.3 Å². The number of rotatable bonds is 7. The molecule has 35 heavy (non-hydrogen) atoms. The molecule has 0 spiro atoms. The number of benzene rings is 3. The molecule has 4 aromatic rings. The minimum absolute atomic E-state index is 0.0519. The van der Waals surface area contributed by atoms with Crippen molar-refractivity contribution in [3.05, 3.63) is 77.8 Å². The topological polar surface area (TPSA) is 115 Å². The zero-order valence-electron chi connectivity index (χ0n) is 17.2. The van der Waals surface area contributed by atoms with E-state index in [1.807, 2.05) is 0 Å². The molecule has 0 aliphatic rings. The van der Waals surface area contributed by atoms with Crippen LogP contribution < -0.4 is 14.2 Å². The lowest BCUT2D eigenvalue weighted by molar-refractivity contribution is -0.275. The Morgan fingerprint density at radius 3 is 2.17 bits per heavy atom. The van der Waals surface area contributed by atoms with Gasteiger partial charge in [-0.3, -0.25) is 9.44 Å². The summed E-state index contributed by atoms with van der Waals surface area (Å²) < 4.78 is 103. The van der Waals surface area contributed by atoms with Gasteiger partial charge in [0.05, 0.1) is 11.4 Å². The minimum Gasteiger partial charge on any atom is -0.443 e. The number of para-hydroxylation sites is 2. The molecule has 0 atom stereocenters. The van der Waals surface area contributed by atoms with E-state index >= 15 is 0 Å². The number of fused-ring (bicyclic) bond motifs is 1. The molecule has 184 valence electrons. The monoisotopic (exact) mass is 546 g/mol. The zero-order valence-corrected chi connectivity index (χ0v) is 19.6. The second-order valence-electron chi connectivity index (χ2n) is 7.00. The first kappa shape index (κ1) is 24.7. The average Bonchev–Trinajstić information content (AvgIpc) is 3.20. The summed E-state index contributed by atoms with van der Waals surface area (Å²) in [5.41, 5.74) is -0.298. The highest BCUT2D eigenvalue weighted by Crippen LogP contribution is 2.34. The van der Waals surface area contributed by atoms with Crippen LogP contribution >= 0.6 is 11.6 Å². The van der Waals surface area contributed by atoms with E-state index in [4.69, 9.17) is 16.0 Å². The number of nitrogens with one attached hydrogen (secondary N) is 2. The Kier molecular flexibility index (Phi) is 6.34. The first-order valence-electron chi connectivity index (χ1n) is 9.53. The molecule has 0 fully saturated rings. The van der Waals surface area contributed by atoms with Crippen LogP contribution in [-0.2, 0) is 20.0 Å². The molecule has 0 radical (unpaired) electrons. The summed E-state index contributed by atoms with van der Waals surface area (Å²) in [5.74, 6) is -0.967. The van der Waals surface area contributed by atoms with Crippen LogP contribution in [0.1, 0.15) is 0 Å².